The fourth-order valence-corrected chi connectivity index (χ4v) is 3.60. The normalized spacial score (nSPS) is 23.7. The van der Waals surface area contributed by atoms with Crippen molar-refractivity contribution in [2.75, 3.05) is 13.7 Å². The highest BCUT2D eigenvalue weighted by atomic mass is 16.5. The molecule has 0 radical (unpaired) electrons. The third kappa shape index (κ3) is 4.33. The number of hydrogen-bond acceptors (Lipinski definition) is 5. The molecule has 0 unspecified atom stereocenters. The standard InChI is InChI=1S/C19H27N3O4/c1-25-19(9-4-10-19)18(24)22-16-7-2-6-15(16)21-17(23)8-12-26-14-5-3-11-20-13-14/h3,5,11,13,15-16H,2,4,6-10,12H2,1H3,(H,21,23)(H,22,24)/t15-,16+/m0/s1. The molecule has 1 aromatic rings. The van der Waals surface area contributed by atoms with Gasteiger partial charge in [-0.2, -0.15) is 0 Å². The summed E-state index contributed by atoms with van der Waals surface area (Å²) in [6, 6.07) is 3.53. The van der Waals surface area contributed by atoms with Crippen LogP contribution in [0, 0.1) is 0 Å². The molecule has 7 heteroatoms. The van der Waals surface area contributed by atoms with E-state index in [9.17, 15) is 9.59 Å². The summed E-state index contributed by atoms with van der Waals surface area (Å²) < 4.78 is 10.9. The molecule has 2 N–H and O–H groups in total. The van der Waals surface area contributed by atoms with Crippen LogP contribution < -0.4 is 15.4 Å². The van der Waals surface area contributed by atoms with Crippen LogP contribution >= 0.6 is 0 Å². The first-order chi connectivity index (χ1) is 12.6. The van der Waals surface area contributed by atoms with E-state index in [2.05, 4.69) is 15.6 Å². The Bertz CT molecular complexity index is 613. The molecule has 2 saturated carbocycles. The number of aromatic nitrogens is 1. The molecule has 1 heterocycles. The Balaban J connectivity index is 1.43. The molecule has 7 nitrogen and oxygen atoms in total. The van der Waals surface area contributed by atoms with Crippen LogP contribution in [0.4, 0.5) is 0 Å². The SMILES string of the molecule is COC1(C(=O)N[C@@H]2CCC[C@@H]2NC(=O)CCOc2cccnc2)CCC1. The monoisotopic (exact) mass is 361 g/mol. The predicted octanol–water partition coefficient (Wildman–Crippen LogP) is 1.57. The van der Waals surface area contributed by atoms with Crippen LogP contribution in [0.25, 0.3) is 0 Å². The number of amides is 2. The van der Waals surface area contributed by atoms with Crippen molar-refractivity contribution in [3.8, 4) is 5.75 Å². The molecule has 2 aliphatic carbocycles. The number of ether oxygens (including phenoxy) is 2. The number of pyridine rings is 1. The van der Waals surface area contributed by atoms with Crippen LogP contribution in [0.2, 0.25) is 0 Å². The Morgan fingerprint density at radius 3 is 2.62 bits per heavy atom. The third-order valence-corrected chi connectivity index (χ3v) is 5.38. The quantitative estimate of drug-likeness (QED) is 0.734. The largest absolute Gasteiger partial charge is 0.491 e. The molecule has 2 amide bonds. The number of rotatable bonds is 8. The van der Waals surface area contributed by atoms with E-state index in [1.807, 2.05) is 0 Å². The van der Waals surface area contributed by atoms with E-state index < -0.39 is 5.60 Å². The predicted molar refractivity (Wildman–Crippen MR) is 95.7 cm³/mol. The van der Waals surface area contributed by atoms with Gasteiger partial charge in [-0.25, -0.2) is 0 Å². The zero-order valence-corrected chi connectivity index (χ0v) is 15.2. The maximum Gasteiger partial charge on any atom is 0.252 e. The molecule has 3 rings (SSSR count). The zero-order chi connectivity index (χ0) is 18.4. The van der Waals surface area contributed by atoms with Gasteiger partial charge in [0.25, 0.3) is 5.91 Å². The van der Waals surface area contributed by atoms with Gasteiger partial charge < -0.3 is 20.1 Å². The van der Waals surface area contributed by atoms with Crippen molar-refractivity contribution >= 4 is 11.8 Å². The Morgan fingerprint density at radius 1 is 1.23 bits per heavy atom. The third-order valence-electron chi connectivity index (χ3n) is 5.38. The first-order valence-corrected chi connectivity index (χ1v) is 9.31. The van der Waals surface area contributed by atoms with Crippen LogP contribution in [0.5, 0.6) is 5.75 Å². The van der Waals surface area contributed by atoms with Gasteiger partial charge in [-0.3, -0.25) is 14.6 Å². The lowest BCUT2D eigenvalue weighted by Crippen LogP contribution is -2.58. The lowest BCUT2D eigenvalue weighted by atomic mass is 9.79. The molecule has 0 bridgehead atoms. The van der Waals surface area contributed by atoms with Gasteiger partial charge in [-0.1, -0.05) is 0 Å². The van der Waals surface area contributed by atoms with Gasteiger partial charge in [0, 0.05) is 25.4 Å². The maximum atomic E-state index is 12.5. The number of nitrogens with zero attached hydrogens (tertiary/aromatic N) is 1. The lowest BCUT2D eigenvalue weighted by molar-refractivity contribution is -0.155. The van der Waals surface area contributed by atoms with Gasteiger partial charge in [0.2, 0.25) is 5.91 Å². The Kier molecular flexibility index (Phi) is 6.08. The van der Waals surface area contributed by atoms with E-state index in [0.717, 1.165) is 38.5 Å². The average Bonchev–Trinajstić information content (AvgIpc) is 3.02. The summed E-state index contributed by atoms with van der Waals surface area (Å²) in [5, 5.41) is 6.13. The molecule has 0 saturated heterocycles. The van der Waals surface area contributed by atoms with Gasteiger partial charge in [0.05, 0.1) is 19.2 Å². The summed E-state index contributed by atoms with van der Waals surface area (Å²) >= 11 is 0. The van der Waals surface area contributed by atoms with Crippen LogP contribution in [-0.2, 0) is 14.3 Å². The van der Waals surface area contributed by atoms with Gasteiger partial charge in [-0.15, -0.1) is 0 Å². The number of hydrogen-bond donors (Lipinski definition) is 2. The van der Waals surface area contributed by atoms with Crippen molar-refractivity contribution in [3.63, 3.8) is 0 Å². The average molecular weight is 361 g/mol. The molecule has 26 heavy (non-hydrogen) atoms. The van der Waals surface area contributed by atoms with E-state index in [0.29, 0.717) is 12.4 Å². The second-order valence-corrected chi connectivity index (χ2v) is 7.02. The highest BCUT2D eigenvalue weighted by Crippen LogP contribution is 2.35. The fraction of sp³-hybridized carbons (Fsp3) is 0.632. The van der Waals surface area contributed by atoms with Gasteiger partial charge in [-0.05, 0) is 50.7 Å². The molecule has 0 aromatic carbocycles. The van der Waals surface area contributed by atoms with Crippen molar-refractivity contribution in [2.24, 2.45) is 0 Å². The second-order valence-electron chi connectivity index (χ2n) is 7.02. The molecular weight excluding hydrogens is 334 g/mol. The van der Waals surface area contributed by atoms with Crippen molar-refractivity contribution in [3.05, 3.63) is 24.5 Å². The van der Waals surface area contributed by atoms with Gasteiger partial charge in [0.1, 0.15) is 11.4 Å². The van der Waals surface area contributed by atoms with Crippen LogP contribution in [0.1, 0.15) is 44.9 Å². The van der Waals surface area contributed by atoms with Crippen LogP contribution in [0.15, 0.2) is 24.5 Å². The maximum absolute atomic E-state index is 12.5. The summed E-state index contributed by atoms with van der Waals surface area (Å²) in [7, 11) is 1.59. The van der Waals surface area contributed by atoms with E-state index in [4.69, 9.17) is 9.47 Å². The Labute approximate surface area is 153 Å². The minimum atomic E-state index is -0.658. The molecule has 142 valence electrons. The summed E-state index contributed by atoms with van der Waals surface area (Å²) in [5.74, 6) is 0.541. The van der Waals surface area contributed by atoms with E-state index in [1.165, 1.54) is 0 Å². The minimum absolute atomic E-state index is 0.0289. The summed E-state index contributed by atoms with van der Waals surface area (Å²) in [5.41, 5.74) is -0.658. The molecule has 2 atom stereocenters. The minimum Gasteiger partial charge on any atom is -0.491 e. The summed E-state index contributed by atoms with van der Waals surface area (Å²) in [6.07, 6.45) is 8.86. The smallest absolute Gasteiger partial charge is 0.252 e. The number of methoxy groups -OCH3 is 1. The van der Waals surface area contributed by atoms with Crippen LogP contribution in [-0.4, -0.2) is 48.2 Å². The number of nitrogens with one attached hydrogen (secondary N) is 2. The molecular formula is C19H27N3O4. The van der Waals surface area contributed by atoms with E-state index in [1.54, 1.807) is 31.6 Å². The summed E-state index contributed by atoms with van der Waals surface area (Å²) in [4.78, 5) is 28.7. The first-order valence-electron chi connectivity index (χ1n) is 9.31. The van der Waals surface area contributed by atoms with Crippen molar-refractivity contribution in [1.82, 2.24) is 15.6 Å². The van der Waals surface area contributed by atoms with Crippen molar-refractivity contribution in [2.45, 2.75) is 62.6 Å². The highest BCUT2D eigenvalue weighted by Gasteiger charge is 2.46. The van der Waals surface area contributed by atoms with E-state index in [-0.39, 0.29) is 30.3 Å². The van der Waals surface area contributed by atoms with Crippen LogP contribution in [0.3, 0.4) is 0 Å². The molecule has 0 spiro atoms. The Hall–Kier alpha value is -2.15. The number of carbonyl (C=O) groups excluding carboxylic acids is 2. The number of carbonyl (C=O) groups is 2. The van der Waals surface area contributed by atoms with Gasteiger partial charge in [0.15, 0.2) is 0 Å². The Morgan fingerprint density at radius 2 is 2.00 bits per heavy atom. The lowest BCUT2D eigenvalue weighted by Gasteiger charge is -2.39. The van der Waals surface area contributed by atoms with Gasteiger partial charge >= 0.3 is 0 Å². The molecule has 1 aromatic heterocycles. The highest BCUT2D eigenvalue weighted by molar-refractivity contribution is 5.86. The van der Waals surface area contributed by atoms with E-state index >= 15 is 0 Å². The fourth-order valence-electron chi connectivity index (χ4n) is 3.60. The molecule has 2 fully saturated rings. The van der Waals surface area contributed by atoms with Crippen molar-refractivity contribution in [1.29, 1.82) is 0 Å². The molecule has 2 aliphatic rings. The van der Waals surface area contributed by atoms with Crippen molar-refractivity contribution < 1.29 is 19.1 Å². The second kappa shape index (κ2) is 8.49. The zero-order valence-electron chi connectivity index (χ0n) is 15.2. The topological polar surface area (TPSA) is 89.6 Å². The molecule has 0 aliphatic heterocycles. The first kappa shape index (κ1) is 18.6. The summed E-state index contributed by atoms with van der Waals surface area (Å²) in [6.45, 7) is 0.300.